The highest BCUT2D eigenvalue weighted by Gasteiger charge is 2.51. The molecule has 0 bridgehead atoms. The molecule has 1 aromatic carbocycles. The minimum atomic E-state index is -0.186. The van der Waals surface area contributed by atoms with E-state index in [1.54, 1.807) is 0 Å². The lowest BCUT2D eigenvalue weighted by Crippen LogP contribution is -2.37. The van der Waals surface area contributed by atoms with Crippen LogP contribution in [0.3, 0.4) is 0 Å². The maximum Gasteiger partial charge on any atom is 0.227 e. The Morgan fingerprint density at radius 3 is 2.54 bits per heavy atom. The van der Waals surface area contributed by atoms with Crippen LogP contribution < -0.4 is 10.6 Å². The molecule has 2 aliphatic rings. The van der Waals surface area contributed by atoms with Crippen molar-refractivity contribution >= 4 is 17.5 Å². The topological polar surface area (TPSA) is 78.4 Å². The van der Waals surface area contributed by atoms with Crippen molar-refractivity contribution in [2.75, 3.05) is 11.9 Å². The summed E-state index contributed by atoms with van der Waals surface area (Å²) in [7, 11) is 0. The fraction of sp³-hybridized carbons (Fsp3) is 0.579. The molecule has 3 rings (SSSR count). The zero-order chi connectivity index (χ0) is 17.1. The first kappa shape index (κ1) is 17.0. The molecule has 1 aromatic rings. The van der Waals surface area contributed by atoms with E-state index in [1.165, 1.54) is 12.8 Å². The molecule has 0 heterocycles. The van der Waals surface area contributed by atoms with E-state index in [9.17, 15) is 9.59 Å². The summed E-state index contributed by atoms with van der Waals surface area (Å²) in [6.45, 7) is 1.88. The molecule has 24 heavy (non-hydrogen) atoms. The summed E-state index contributed by atoms with van der Waals surface area (Å²) in [5.74, 6) is 1.65. The molecule has 0 spiro atoms. The van der Waals surface area contributed by atoms with E-state index in [0.717, 1.165) is 23.6 Å². The van der Waals surface area contributed by atoms with Gasteiger partial charge in [0.25, 0.3) is 0 Å². The smallest absolute Gasteiger partial charge is 0.227 e. The zero-order valence-electron chi connectivity index (χ0n) is 14.1. The molecule has 2 fully saturated rings. The molecule has 5 nitrogen and oxygen atoms in total. The summed E-state index contributed by atoms with van der Waals surface area (Å²) >= 11 is 0. The number of hydrogen-bond donors (Lipinski definition) is 3. The van der Waals surface area contributed by atoms with Gasteiger partial charge in [0.1, 0.15) is 0 Å². The van der Waals surface area contributed by atoms with E-state index in [-0.39, 0.29) is 36.8 Å². The number of rotatable bonds is 8. The third-order valence-corrected chi connectivity index (χ3v) is 5.07. The van der Waals surface area contributed by atoms with Crippen LogP contribution in [0.1, 0.15) is 38.2 Å². The van der Waals surface area contributed by atoms with Gasteiger partial charge in [0.2, 0.25) is 11.8 Å². The van der Waals surface area contributed by atoms with Crippen molar-refractivity contribution in [2.45, 2.75) is 45.1 Å². The van der Waals surface area contributed by atoms with Crippen LogP contribution in [0.15, 0.2) is 24.3 Å². The Bertz CT molecular complexity index is 591. The van der Waals surface area contributed by atoms with E-state index in [2.05, 4.69) is 10.6 Å². The molecule has 0 saturated heterocycles. The predicted molar refractivity (Wildman–Crippen MR) is 92.4 cm³/mol. The molecule has 0 aliphatic heterocycles. The summed E-state index contributed by atoms with van der Waals surface area (Å²) in [4.78, 5) is 24.1. The van der Waals surface area contributed by atoms with Gasteiger partial charge in [-0.2, -0.15) is 0 Å². The third-order valence-electron chi connectivity index (χ3n) is 5.07. The molecule has 130 valence electrons. The van der Waals surface area contributed by atoms with Crippen LogP contribution in [0.2, 0.25) is 0 Å². The van der Waals surface area contributed by atoms with E-state index in [4.69, 9.17) is 5.11 Å². The average Bonchev–Trinajstić information content (AvgIpc) is 3.46. The van der Waals surface area contributed by atoms with Gasteiger partial charge in [-0.3, -0.25) is 9.59 Å². The second-order valence-corrected chi connectivity index (χ2v) is 7.06. The van der Waals surface area contributed by atoms with E-state index >= 15 is 0 Å². The minimum absolute atomic E-state index is 0.0454. The maximum atomic E-state index is 12.2. The number of aliphatic hydroxyl groups excluding tert-OH is 1. The summed E-state index contributed by atoms with van der Waals surface area (Å²) in [5.41, 5.74) is 1.67. The Morgan fingerprint density at radius 1 is 1.25 bits per heavy atom. The monoisotopic (exact) mass is 330 g/mol. The Labute approximate surface area is 142 Å². The molecule has 5 heteroatoms. The first-order valence-electron chi connectivity index (χ1n) is 8.90. The number of carbonyl (C=O) groups is 2. The number of aliphatic hydroxyl groups is 1. The number of nitrogens with one attached hydrogen (secondary N) is 2. The predicted octanol–water partition coefficient (Wildman–Crippen LogP) is 2.10. The quantitative estimate of drug-likeness (QED) is 0.683. The molecule has 3 N–H and O–H groups in total. The number of carbonyl (C=O) groups excluding carboxylic acids is 2. The second-order valence-electron chi connectivity index (χ2n) is 7.06. The lowest BCUT2D eigenvalue weighted by Gasteiger charge is -2.14. The van der Waals surface area contributed by atoms with Crippen molar-refractivity contribution in [3.05, 3.63) is 29.8 Å². The molecule has 0 aromatic heterocycles. The summed E-state index contributed by atoms with van der Waals surface area (Å²) < 4.78 is 0. The maximum absolute atomic E-state index is 12.2. The normalized spacial score (nSPS) is 23.4. The molecule has 2 saturated carbocycles. The van der Waals surface area contributed by atoms with Gasteiger partial charge >= 0.3 is 0 Å². The average molecular weight is 330 g/mol. The molecular formula is C19H26N2O3. The highest BCUT2D eigenvalue weighted by molar-refractivity contribution is 5.94. The van der Waals surface area contributed by atoms with Crippen LogP contribution in [0, 0.1) is 17.8 Å². The van der Waals surface area contributed by atoms with E-state index in [1.807, 2.05) is 31.2 Å². The largest absolute Gasteiger partial charge is 0.394 e. The van der Waals surface area contributed by atoms with Crippen molar-refractivity contribution in [2.24, 2.45) is 17.8 Å². The molecule has 0 radical (unpaired) electrons. The SMILES string of the molecule is CCC(CO)NC(=O)Cc1ccc(NC(=O)C2CC2C2CC2)cc1. The van der Waals surface area contributed by atoms with Crippen molar-refractivity contribution in [1.29, 1.82) is 0 Å². The van der Waals surface area contributed by atoms with E-state index < -0.39 is 0 Å². The zero-order valence-corrected chi connectivity index (χ0v) is 14.1. The highest BCUT2D eigenvalue weighted by atomic mass is 16.3. The first-order valence-corrected chi connectivity index (χ1v) is 8.90. The number of hydrogen-bond acceptors (Lipinski definition) is 3. The van der Waals surface area contributed by atoms with Gasteiger partial charge in [-0.05, 0) is 55.2 Å². The minimum Gasteiger partial charge on any atom is -0.394 e. The van der Waals surface area contributed by atoms with E-state index in [0.29, 0.717) is 12.3 Å². The number of amides is 2. The molecule has 3 atom stereocenters. The number of benzene rings is 1. The third kappa shape index (κ3) is 4.35. The fourth-order valence-electron chi connectivity index (χ4n) is 3.24. The summed E-state index contributed by atoms with van der Waals surface area (Å²) in [5, 5.41) is 14.9. The van der Waals surface area contributed by atoms with Crippen LogP contribution in [0.5, 0.6) is 0 Å². The Hall–Kier alpha value is -1.88. The van der Waals surface area contributed by atoms with Crippen LogP contribution in [0.4, 0.5) is 5.69 Å². The van der Waals surface area contributed by atoms with Gasteiger partial charge in [0, 0.05) is 11.6 Å². The van der Waals surface area contributed by atoms with Crippen molar-refractivity contribution in [1.82, 2.24) is 5.32 Å². The van der Waals surface area contributed by atoms with Gasteiger partial charge < -0.3 is 15.7 Å². The van der Waals surface area contributed by atoms with Crippen LogP contribution >= 0.6 is 0 Å². The second kappa shape index (κ2) is 7.34. The van der Waals surface area contributed by atoms with Crippen molar-refractivity contribution in [3.8, 4) is 0 Å². The standard InChI is InChI=1S/C19H26N2O3/c1-2-14(11-22)20-18(23)9-12-3-7-15(8-4-12)21-19(24)17-10-16(17)13-5-6-13/h3-4,7-8,13-14,16-17,22H,2,5-6,9-11H2,1H3,(H,20,23)(H,21,24). The Balaban J connectivity index is 1.46. The summed E-state index contributed by atoms with van der Waals surface area (Å²) in [6.07, 6.45) is 4.60. The molecule has 2 amide bonds. The van der Waals surface area contributed by atoms with Crippen molar-refractivity contribution in [3.63, 3.8) is 0 Å². The summed E-state index contributed by atoms with van der Waals surface area (Å²) in [6, 6.07) is 7.23. The number of anilines is 1. The van der Waals surface area contributed by atoms with Gasteiger partial charge in [0.15, 0.2) is 0 Å². The van der Waals surface area contributed by atoms with Crippen molar-refractivity contribution < 1.29 is 14.7 Å². The molecule has 2 aliphatic carbocycles. The first-order chi connectivity index (χ1) is 11.6. The Kier molecular flexibility index (Phi) is 5.19. The van der Waals surface area contributed by atoms with Crippen LogP contribution in [-0.4, -0.2) is 29.6 Å². The van der Waals surface area contributed by atoms with Gasteiger partial charge in [-0.15, -0.1) is 0 Å². The van der Waals surface area contributed by atoms with Crippen LogP contribution in [-0.2, 0) is 16.0 Å². The fourth-order valence-corrected chi connectivity index (χ4v) is 3.24. The van der Waals surface area contributed by atoms with Gasteiger partial charge in [0.05, 0.1) is 19.1 Å². The van der Waals surface area contributed by atoms with Gasteiger partial charge in [-0.25, -0.2) is 0 Å². The molecule has 3 unspecified atom stereocenters. The molecular weight excluding hydrogens is 304 g/mol. The van der Waals surface area contributed by atoms with Crippen LogP contribution in [0.25, 0.3) is 0 Å². The van der Waals surface area contributed by atoms with Gasteiger partial charge in [-0.1, -0.05) is 19.1 Å². The lowest BCUT2D eigenvalue weighted by molar-refractivity contribution is -0.121. The Morgan fingerprint density at radius 2 is 1.96 bits per heavy atom. The lowest BCUT2D eigenvalue weighted by atomic mass is 10.1. The highest BCUT2D eigenvalue weighted by Crippen LogP contribution is 2.54.